The lowest BCUT2D eigenvalue weighted by molar-refractivity contribution is 0.102. The number of hydrogen-bond donors (Lipinski definition) is 1. The van der Waals surface area contributed by atoms with Crippen LogP contribution < -0.4 is 5.32 Å². The molecular formula is C19H14N4OS. The highest BCUT2D eigenvalue weighted by Crippen LogP contribution is 2.25. The monoisotopic (exact) mass is 346 g/mol. The Morgan fingerprint density at radius 1 is 1.12 bits per heavy atom. The molecule has 1 aromatic carbocycles. The minimum absolute atomic E-state index is 0.196. The van der Waals surface area contributed by atoms with Crippen molar-refractivity contribution in [1.29, 1.82) is 0 Å². The summed E-state index contributed by atoms with van der Waals surface area (Å²) in [6.07, 6.45) is 3.45. The van der Waals surface area contributed by atoms with Crippen LogP contribution in [-0.2, 0) is 0 Å². The number of anilines is 1. The van der Waals surface area contributed by atoms with Gasteiger partial charge in [-0.3, -0.25) is 15.1 Å². The summed E-state index contributed by atoms with van der Waals surface area (Å²) in [5, 5.41) is 6.17. The first-order valence-electron chi connectivity index (χ1n) is 7.74. The number of hydrogen-bond acceptors (Lipinski definition) is 5. The van der Waals surface area contributed by atoms with E-state index in [0.717, 1.165) is 22.2 Å². The number of aryl methyl sites for hydroxylation is 1. The molecule has 0 saturated carbocycles. The van der Waals surface area contributed by atoms with Crippen LogP contribution in [0.25, 0.3) is 22.2 Å². The van der Waals surface area contributed by atoms with Gasteiger partial charge in [0.15, 0.2) is 5.13 Å². The maximum atomic E-state index is 12.8. The van der Waals surface area contributed by atoms with Gasteiger partial charge < -0.3 is 0 Å². The van der Waals surface area contributed by atoms with Gasteiger partial charge in [-0.25, -0.2) is 9.97 Å². The quantitative estimate of drug-likeness (QED) is 0.600. The highest BCUT2D eigenvalue weighted by molar-refractivity contribution is 7.13. The molecule has 3 aromatic heterocycles. The fourth-order valence-electron chi connectivity index (χ4n) is 2.60. The minimum Gasteiger partial charge on any atom is -0.298 e. The van der Waals surface area contributed by atoms with Gasteiger partial charge in [0.25, 0.3) is 5.91 Å². The van der Waals surface area contributed by atoms with E-state index < -0.39 is 0 Å². The number of carbonyl (C=O) groups excluding carboxylic acids is 1. The number of benzene rings is 1. The molecule has 0 saturated heterocycles. The first kappa shape index (κ1) is 15.4. The number of para-hydroxylation sites is 1. The Morgan fingerprint density at radius 3 is 2.76 bits per heavy atom. The minimum atomic E-state index is -0.196. The zero-order valence-electron chi connectivity index (χ0n) is 13.4. The van der Waals surface area contributed by atoms with E-state index in [9.17, 15) is 4.79 Å². The predicted octanol–water partition coefficient (Wildman–Crippen LogP) is 4.31. The second kappa shape index (κ2) is 6.41. The van der Waals surface area contributed by atoms with Gasteiger partial charge in [0.2, 0.25) is 0 Å². The third-order valence-corrected chi connectivity index (χ3v) is 4.63. The Balaban J connectivity index is 1.82. The van der Waals surface area contributed by atoms with Crippen LogP contribution in [0.5, 0.6) is 0 Å². The lowest BCUT2D eigenvalue weighted by Gasteiger charge is -2.09. The van der Waals surface area contributed by atoms with Gasteiger partial charge in [0.1, 0.15) is 0 Å². The van der Waals surface area contributed by atoms with Gasteiger partial charge in [-0.15, -0.1) is 11.3 Å². The van der Waals surface area contributed by atoms with Crippen molar-refractivity contribution >= 4 is 33.3 Å². The van der Waals surface area contributed by atoms with Crippen LogP contribution in [0.4, 0.5) is 5.13 Å². The van der Waals surface area contributed by atoms with Crippen LogP contribution in [0.2, 0.25) is 0 Å². The van der Waals surface area contributed by atoms with Crippen molar-refractivity contribution in [2.24, 2.45) is 0 Å². The Kier molecular flexibility index (Phi) is 3.95. The van der Waals surface area contributed by atoms with Crippen molar-refractivity contribution < 1.29 is 4.79 Å². The Labute approximate surface area is 148 Å². The molecule has 6 heteroatoms. The molecule has 0 bridgehead atoms. The van der Waals surface area contributed by atoms with Gasteiger partial charge in [0.05, 0.1) is 22.5 Å². The summed E-state index contributed by atoms with van der Waals surface area (Å²) in [4.78, 5) is 25.9. The Bertz CT molecular complexity index is 1060. The van der Waals surface area contributed by atoms with E-state index in [4.69, 9.17) is 0 Å². The maximum Gasteiger partial charge on any atom is 0.258 e. The Hall–Kier alpha value is -3.12. The molecule has 0 aliphatic carbocycles. The van der Waals surface area contributed by atoms with E-state index in [1.807, 2.05) is 48.7 Å². The molecule has 122 valence electrons. The summed E-state index contributed by atoms with van der Waals surface area (Å²) in [7, 11) is 0. The van der Waals surface area contributed by atoms with Gasteiger partial charge in [-0.05, 0) is 31.2 Å². The average Bonchev–Trinajstić information content (AvgIpc) is 3.06. The highest BCUT2D eigenvalue weighted by Gasteiger charge is 2.15. The second-order valence-electron chi connectivity index (χ2n) is 5.56. The fraction of sp³-hybridized carbons (Fsp3) is 0.0526. The van der Waals surface area contributed by atoms with Crippen molar-refractivity contribution in [3.63, 3.8) is 0 Å². The lowest BCUT2D eigenvalue weighted by Crippen LogP contribution is -2.13. The number of fused-ring (bicyclic) bond motifs is 1. The molecule has 1 N–H and O–H groups in total. The summed E-state index contributed by atoms with van der Waals surface area (Å²) in [6.45, 7) is 1.90. The van der Waals surface area contributed by atoms with E-state index in [1.165, 1.54) is 11.3 Å². The van der Waals surface area contributed by atoms with Crippen LogP contribution in [-0.4, -0.2) is 20.9 Å². The van der Waals surface area contributed by atoms with E-state index >= 15 is 0 Å². The summed E-state index contributed by atoms with van der Waals surface area (Å²) in [5.41, 5.74) is 3.80. The van der Waals surface area contributed by atoms with E-state index in [-0.39, 0.29) is 5.91 Å². The number of nitrogens with zero attached hydrogens (tertiary/aromatic N) is 3. The molecule has 4 aromatic rings. The van der Waals surface area contributed by atoms with E-state index in [0.29, 0.717) is 16.4 Å². The van der Waals surface area contributed by atoms with Gasteiger partial charge in [0, 0.05) is 28.7 Å². The molecule has 3 heterocycles. The van der Waals surface area contributed by atoms with Crippen LogP contribution >= 0.6 is 11.3 Å². The fourth-order valence-corrected chi connectivity index (χ4v) is 3.28. The van der Waals surface area contributed by atoms with Crippen molar-refractivity contribution in [1.82, 2.24) is 15.0 Å². The zero-order valence-corrected chi connectivity index (χ0v) is 14.2. The molecule has 0 aliphatic rings. The number of aromatic nitrogens is 3. The molecule has 5 nitrogen and oxygen atoms in total. The lowest BCUT2D eigenvalue weighted by atomic mass is 10.0. The molecule has 0 radical (unpaired) electrons. The summed E-state index contributed by atoms with van der Waals surface area (Å²) in [5.74, 6) is -0.196. The number of carbonyl (C=O) groups is 1. The number of pyridine rings is 2. The van der Waals surface area contributed by atoms with Gasteiger partial charge in [-0.1, -0.05) is 18.2 Å². The van der Waals surface area contributed by atoms with Crippen molar-refractivity contribution in [3.8, 4) is 11.3 Å². The summed E-state index contributed by atoms with van der Waals surface area (Å²) >= 11 is 1.41. The SMILES string of the molecule is Cc1csc(NC(=O)c2cc(-c3cccnc3)nc3ccccc23)n1. The molecule has 0 unspecified atom stereocenters. The van der Waals surface area contributed by atoms with Gasteiger partial charge >= 0.3 is 0 Å². The smallest absolute Gasteiger partial charge is 0.258 e. The first-order valence-corrected chi connectivity index (χ1v) is 8.62. The average molecular weight is 346 g/mol. The number of amides is 1. The third-order valence-electron chi connectivity index (χ3n) is 3.76. The molecular weight excluding hydrogens is 332 g/mol. The predicted molar refractivity (Wildman–Crippen MR) is 99.8 cm³/mol. The van der Waals surface area contributed by atoms with Crippen molar-refractivity contribution in [2.45, 2.75) is 6.92 Å². The highest BCUT2D eigenvalue weighted by atomic mass is 32.1. The first-order chi connectivity index (χ1) is 12.2. The van der Waals surface area contributed by atoms with Crippen molar-refractivity contribution in [2.75, 3.05) is 5.32 Å². The molecule has 0 aliphatic heterocycles. The molecule has 0 fully saturated rings. The van der Waals surface area contributed by atoms with Crippen LogP contribution in [0.15, 0.2) is 60.2 Å². The molecule has 25 heavy (non-hydrogen) atoms. The normalized spacial score (nSPS) is 10.8. The second-order valence-corrected chi connectivity index (χ2v) is 6.42. The zero-order chi connectivity index (χ0) is 17.2. The third kappa shape index (κ3) is 3.12. The molecule has 4 rings (SSSR count). The Morgan fingerprint density at radius 2 is 2.00 bits per heavy atom. The summed E-state index contributed by atoms with van der Waals surface area (Å²) < 4.78 is 0. The standard InChI is InChI=1S/C19H14N4OS/c1-12-11-25-19(21-12)23-18(24)15-9-17(13-5-4-8-20-10-13)22-16-7-3-2-6-14(15)16/h2-11H,1H3,(H,21,23,24). The molecule has 1 amide bonds. The molecule has 0 spiro atoms. The topological polar surface area (TPSA) is 67.8 Å². The molecule has 0 atom stereocenters. The number of rotatable bonds is 3. The van der Waals surface area contributed by atoms with Crippen LogP contribution in [0, 0.1) is 6.92 Å². The van der Waals surface area contributed by atoms with E-state index in [1.54, 1.807) is 18.5 Å². The number of nitrogens with one attached hydrogen (secondary N) is 1. The largest absolute Gasteiger partial charge is 0.298 e. The maximum absolute atomic E-state index is 12.8. The van der Waals surface area contributed by atoms with Crippen LogP contribution in [0.3, 0.4) is 0 Å². The van der Waals surface area contributed by atoms with Crippen molar-refractivity contribution in [3.05, 3.63) is 71.5 Å². The van der Waals surface area contributed by atoms with E-state index in [2.05, 4.69) is 20.3 Å². The number of thiazole rings is 1. The van der Waals surface area contributed by atoms with Crippen LogP contribution in [0.1, 0.15) is 16.1 Å². The summed E-state index contributed by atoms with van der Waals surface area (Å²) in [6, 6.07) is 13.2. The van der Waals surface area contributed by atoms with Gasteiger partial charge in [-0.2, -0.15) is 0 Å².